The number of nitrogens with zero attached hydrogens (tertiary/aromatic N) is 1. The summed E-state index contributed by atoms with van der Waals surface area (Å²) >= 11 is 0. The third-order valence-corrected chi connectivity index (χ3v) is 4.13. The Morgan fingerprint density at radius 2 is 2.04 bits per heavy atom. The van der Waals surface area contributed by atoms with E-state index >= 15 is 0 Å². The summed E-state index contributed by atoms with van der Waals surface area (Å²) in [5.41, 5.74) is 0.538. The molecule has 2 rings (SSSR count). The summed E-state index contributed by atoms with van der Waals surface area (Å²) in [5, 5.41) is 8.46. The van der Waals surface area contributed by atoms with Gasteiger partial charge in [0.05, 0.1) is 6.04 Å². The van der Waals surface area contributed by atoms with Gasteiger partial charge in [-0.25, -0.2) is 9.18 Å². The lowest BCUT2D eigenvalue weighted by Crippen LogP contribution is -2.46. The van der Waals surface area contributed by atoms with Crippen molar-refractivity contribution in [2.24, 2.45) is 0 Å². The minimum absolute atomic E-state index is 0.00752. The van der Waals surface area contributed by atoms with E-state index in [2.05, 4.69) is 20.9 Å². The highest BCUT2D eigenvalue weighted by Gasteiger charge is 2.30. The van der Waals surface area contributed by atoms with E-state index in [0.717, 1.165) is 19.4 Å². The number of urea groups is 1. The maximum atomic E-state index is 12.8. The Kier molecular flexibility index (Phi) is 6.54. The molecule has 2 atom stereocenters. The molecular weight excluding hydrogens is 311 g/mol. The number of carbonyl (C=O) groups is 2. The van der Waals surface area contributed by atoms with Crippen molar-refractivity contribution in [3.8, 4) is 0 Å². The minimum Gasteiger partial charge on any atom is -0.355 e. The van der Waals surface area contributed by atoms with Gasteiger partial charge in [-0.1, -0.05) is 6.92 Å². The number of halogens is 1. The van der Waals surface area contributed by atoms with Crippen LogP contribution in [0.25, 0.3) is 0 Å². The average Bonchev–Trinajstić information content (AvgIpc) is 3.02. The predicted octanol–water partition coefficient (Wildman–Crippen LogP) is 1.94. The van der Waals surface area contributed by atoms with E-state index in [1.807, 2.05) is 13.8 Å². The van der Waals surface area contributed by atoms with Crippen LogP contribution in [0.5, 0.6) is 0 Å². The molecule has 6 nitrogen and oxygen atoms in total. The molecule has 3 amide bonds. The summed E-state index contributed by atoms with van der Waals surface area (Å²) in [6.07, 6.45) is 1.70. The Labute approximate surface area is 141 Å². The summed E-state index contributed by atoms with van der Waals surface area (Å²) in [4.78, 5) is 26.1. The van der Waals surface area contributed by atoms with Crippen molar-refractivity contribution in [1.82, 2.24) is 15.5 Å². The maximum Gasteiger partial charge on any atom is 0.319 e. The third kappa shape index (κ3) is 5.19. The molecule has 0 spiro atoms. The van der Waals surface area contributed by atoms with Crippen LogP contribution in [-0.4, -0.2) is 48.6 Å². The highest BCUT2D eigenvalue weighted by atomic mass is 19.1. The lowest BCUT2D eigenvalue weighted by Gasteiger charge is -2.23. The first-order chi connectivity index (χ1) is 11.5. The molecule has 24 heavy (non-hydrogen) atoms. The van der Waals surface area contributed by atoms with Crippen LogP contribution in [-0.2, 0) is 4.79 Å². The van der Waals surface area contributed by atoms with E-state index in [1.54, 1.807) is 0 Å². The first-order valence-corrected chi connectivity index (χ1v) is 8.34. The van der Waals surface area contributed by atoms with E-state index in [1.165, 1.54) is 24.3 Å². The predicted molar refractivity (Wildman–Crippen MR) is 91.3 cm³/mol. The Morgan fingerprint density at radius 3 is 2.71 bits per heavy atom. The number of nitrogens with one attached hydrogen (secondary N) is 3. The molecule has 0 saturated carbocycles. The van der Waals surface area contributed by atoms with Crippen molar-refractivity contribution in [3.63, 3.8) is 0 Å². The molecule has 3 N–H and O–H groups in total. The van der Waals surface area contributed by atoms with E-state index in [9.17, 15) is 14.0 Å². The first-order valence-electron chi connectivity index (χ1n) is 8.34. The number of hydrogen-bond acceptors (Lipinski definition) is 3. The Balaban J connectivity index is 1.77. The van der Waals surface area contributed by atoms with Crippen LogP contribution in [0.4, 0.5) is 14.9 Å². The minimum atomic E-state index is -0.345. The fraction of sp³-hybridized carbons (Fsp3) is 0.529. The zero-order chi connectivity index (χ0) is 17.5. The van der Waals surface area contributed by atoms with Gasteiger partial charge in [0.15, 0.2) is 0 Å². The molecule has 132 valence electrons. The van der Waals surface area contributed by atoms with Crippen molar-refractivity contribution >= 4 is 17.6 Å². The summed E-state index contributed by atoms with van der Waals surface area (Å²) in [6.45, 7) is 5.98. The summed E-state index contributed by atoms with van der Waals surface area (Å²) in [5.74, 6) is -0.323. The fourth-order valence-corrected chi connectivity index (χ4v) is 2.70. The zero-order valence-electron chi connectivity index (χ0n) is 14.1. The molecule has 1 aliphatic rings. The molecular formula is C17H25FN4O2. The molecule has 0 aromatic heterocycles. The summed E-state index contributed by atoms with van der Waals surface area (Å²) < 4.78 is 12.8. The fourth-order valence-electron chi connectivity index (χ4n) is 2.70. The monoisotopic (exact) mass is 336 g/mol. The third-order valence-electron chi connectivity index (χ3n) is 4.13. The molecule has 0 radical (unpaired) electrons. The number of benzene rings is 1. The molecule has 0 bridgehead atoms. The van der Waals surface area contributed by atoms with Gasteiger partial charge in [-0.2, -0.15) is 0 Å². The molecule has 0 unspecified atom stereocenters. The van der Waals surface area contributed by atoms with Crippen molar-refractivity contribution in [3.05, 3.63) is 30.1 Å². The lowest BCUT2D eigenvalue weighted by atomic mass is 10.2. The van der Waals surface area contributed by atoms with Gasteiger partial charge in [-0.15, -0.1) is 0 Å². The van der Waals surface area contributed by atoms with Crippen molar-refractivity contribution in [1.29, 1.82) is 0 Å². The van der Waals surface area contributed by atoms with Gasteiger partial charge in [-0.3, -0.25) is 9.69 Å². The zero-order valence-corrected chi connectivity index (χ0v) is 14.1. The quantitative estimate of drug-likeness (QED) is 0.743. The van der Waals surface area contributed by atoms with Gasteiger partial charge >= 0.3 is 6.03 Å². The van der Waals surface area contributed by atoms with Gasteiger partial charge in [-0.05, 0) is 44.0 Å². The van der Waals surface area contributed by atoms with Crippen LogP contribution in [0.15, 0.2) is 24.3 Å². The highest BCUT2D eigenvalue weighted by Crippen LogP contribution is 2.14. The van der Waals surface area contributed by atoms with Crippen LogP contribution in [0.2, 0.25) is 0 Å². The van der Waals surface area contributed by atoms with E-state index in [4.69, 9.17) is 0 Å². The average molecular weight is 336 g/mol. The normalized spacial score (nSPS) is 18.9. The molecule has 1 aliphatic heterocycles. The molecule has 1 heterocycles. The van der Waals surface area contributed by atoms with E-state index < -0.39 is 0 Å². The van der Waals surface area contributed by atoms with Crippen LogP contribution < -0.4 is 16.0 Å². The van der Waals surface area contributed by atoms with Gasteiger partial charge < -0.3 is 16.0 Å². The van der Waals surface area contributed by atoms with E-state index in [0.29, 0.717) is 18.8 Å². The van der Waals surface area contributed by atoms with Crippen LogP contribution in [0, 0.1) is 5.82 Å². The first kappa shape index (κ1) is 18.2. The molecule has 0 aliphatic carbocycles. The summed E-state index contributed by atoms with van der Waals surface area (Å²) in [7, 11) is 0. The highest BCUT2D eigenvalue weighted by molar-refractivity contribution is 5.89. The number of rotatable bonds is 6. The van der Waals surface area contributed by atoms with E-state index in [-0.39, 0.29) is 29.8 Å². The van der Waals surface area contributed by atoms with Crippen molar-refractivity contribution in [2.45, 2.75) is 38.8 Å². The van der Waals surface area contributed by atoms with Gasteiger partial charge in [0, 0.05) is 31.4 Å². The second-order valence-corrected chi connectivity index (χ2v) is 6.05. The van der Waals surface area contributed by atoms with Gasteiger partial charge in [0.1, 0.15) is 5.82 Å². The number of hydrogen-bond donors (Lipinski definition) is 3. The SMILES string of the molecule is CCCNC(=O)[C@H](C)N1CC[C@@H](NC(=O)Nc2ccc(F)cc2)C1. The largest absolute Gasteiger partial charge is 0.355 e. The second kappa shape index (κ2) is 8.63. The Morgan fingerprint density at radius 1 is 1.33 bits per heavy atom. The van der Waals surface area contributed by atoms with Crippen LogP contribution in [0.1, 0.15) is 26.7 Å². The lowest BCUT2D eigenvalue weighted by molar-refractivity contribution is -0.125. The number of anilines is 1. The topological polar surface area (TPSA) is 73.5 Å². The maximum absolute atomic E-state index is 12.8. The summed E-state index contributed by atoms with van der Waals surface area (Å²) in [6, 6.07) is 5.07. The van der Waals surface area contributed by atoms with Crippen molar-refractivity contribution in [2.75, 3.05) is 25.0 Å². The Bertz CT molecular complexity index is 564. The number of carbonyl (C=O) groups excluding carboxylic acids is 2. The number of amides is 3. The Hall–Kier alpha value is -2.15. The van der Waals surface area contributed by atoms with Crippen LogP contribution >= 0.6 is 0 Å². The standard InChI is InChI=1S/C17H25FN4O2/c1-3-9-19-16(23)12(2)22-10-8-15(11-22)21-17(24)20-14-6-4-13(18)5-7-14/h4-7,12,15H,3,8-11H2,1-2H3,(H,19,23)(H2,20,21,24)/t12-,15+/m0/s1. The second-order valence-electron chi connectivity index (χ2n) is 6.05. The smallest absolute Gasteiger partial charge is 0.319 e. The molecule has 1 aromatic rings. The van der Waals surface area contributed by atoms with Gasteiger partial charge in [0.2, 0.25) is 5.91 Å². The van der Waals surface area contributed by atoms with Crippen molar-refractivity contribution < 1.29 is 14.0 Å². The molecule has 1 fully saturated rings. The molecule has 1 aromatic carbocycles. The molecule has 7 heteroatoms. The van der Waals surface area contributed by atoms with Crippen LogP contribution in [0.3, 0.4) is 0 Å². The van der Waals surface area contributed by atoms with Gasteiger partial charge in [0.25, 0.3) is 0 Å². The number of likely N-dealkylation sites (tertiary alicyclic amines) is 1. The molecule has 1 saturated heterocycles.